The van der Waals surface area contributed by atoms with Gasteiger partial charge < -0.3 is 29.9 Å². The number of fused-ring (bicyclic) bond motifs is 6. The molecular weight excluding hydrogens is 556 g/mol. The van der Waals surface area contributed by atoms with Crippen molar-refractivity contribution in [2.24, 2.45) is 5.41 Å². The maximum Gasteiger partial charge on any atom is 0.319 e. The van der Waals surface area contributed by atoms with Crippen molar-refractivity contribution in [3.63, 3.8) is 0 Å². The number of aliphatic hydroxyl groups excluding tert-OH is 1. The number of nitrogens with one attached hydrogen (secondary N) is 1. The third-order valence-electron chi connectivity index (χ3n) is 9.48. The standard InChI is InChI=1S/C32H29F2N5O4/c1-3-19-21(33)6-4-16-10-18(41)11-20(23(16)19)26-25(34)27-24-29(38-31(37-27)42-14-32(13-40)8-9-32)39-12-17-5-7-22(35-17)28(39)15(2)43-30(24)36-26/h1,4,6,10-11,15,17,22,28,35,40-41H,5,7-9,12-14H2,2H3/t15-,17+,22-,28+/m0/s1. The van der Waals surface area contributed by atoms with E-state index in [9.17, 15) is 14.6 Å². The Morgan fingerprint density at radius 2 is 2.02 bits per heavy atom. The molecule has 0 radical (unpaired) electrons. The topological polar surface area (TPSA) is 113 Å². The minimum atomic E-state index is -0.803. The number of halogens is 2. The van der Waals surface area contributed by atoms with Gasteiger partial charge in [0.15, 0.2) is 5.82 Å². The van der Waals surface area contributed by atoms with Crippen molar-refractivity contribution in [2.45, 2.75) is 56.8 Å². The van der Waals surface area contributed by atoms with Crippen LogP contribution in [0.4, 0.5) is 14.6 Å². The lowest BCUT2D eigenvalue weighted by atomic mass is 9.95. The number of aromatic nitrogens is 3. The summed E-state index contributed by atoms with van der Waals surface area (Å²) in [5.41, 5.74) is -0.565. The van der Waals surface area contributed by atoms with Crippen LogP contribution in [-0.2, 0) is 0 Å². The van der Waals surface area contributed by atoms with Crippen molar-refractivity contribution >= 4 is 27.5 Å². The van der Waals surface area contributed by atoms with E-state index in [4.69, 9.17) is 20.9 Å². The van der Waals surface area contributed by atoms with Gasteiger partial charge in [-0.05, 0) is 56.2 Å². The van der Waals surface area contributed by atoms with E-state index in [1.54, 1.807) is 0 Å². The van der Waals surface area contributed by atoms with Gasteiger partial charge in [-0.2, -0.15) is 9.97 Å². The number of nitrogens with zero attached hydrogens (tertiary/aromatic N) is 4. The number of benzene rings is 2. The summed E-state index contributed by atoms with van der Waals surface area (Å²) < 4.78 is 44.3. The lowest BCUT2D eigenvalue weighted by Crippen LogP contribution is -2.62. The number of hydrogen-bond acceptors (Lipinski definition) is 9. The number of pyridine rings is 1. The lowest BCUT2D eigenvalue weighted by Gasteiger charge is -2.42. The van der Waals surface area contributed by atoms with E-state index in [0.29, 0.717) is 23.1 Å². The van der Waals surface area contributed by atoms with Crippen LogP contribution >= 0.6 is 0 Å². The molecule has 2 aromatic heterocycles. The number of piperazine rings is 1. The summed E-state index contributed by atoms with van der Waals surface area (Å²) in [5.74, 6) is 1.37. The molecule has 1 aliphatic carbocycles. The molecule has 1 saturated carbocycles. The normalized spacial score (nSPS) is 24.8. The van der Waals surface area contributed by atoms with Gasteiger partial charge >= 0.3 is 6.01 Å². The first-order chi connectivity index (χ1) is 20.8. The number of anilines is 1. The highest BCUT2D eigenvalue weighted by atomic mass is 19.1. The second kappa shape index (κ2) is 9.36. The minimum absolute atomic E-state index is 0.0143. The van der Waals surface area contributed by atoms with Crippen LogP contribution in [0.3, 0.4) is 0 Å². The van der Waals surface area contributed by atoms with Crippen molar-refractivity contribution in [1.29, 1.82) is 0 Å². The molecule has 4 aliphatic rings. The van der Waals surface area contributed by atoms with Crippen LogP contribution in [0.2, 0.25) is 0 Å². The molecule has 0 amide bonds. The van der Waals surface area contributed by atoms with E-state index in [1.165, 1.54) is 24.3 Å². The number of rotatable bonds is 5. The third-order valence-corrected chi connectivity index (χ3v) is 9.48. The Hall–Kier alpha value is -4.27. The first-order valence-corrected chi connectivity index (χ1v) is 14.6. The lowest BCUT2D eigenvalue weighted by molar-refractivity contribution is 0.140. The van der Waals surface area contributed by atoms with Crippen molar-refractivity contribution in [2.75, 3.05) is 24.7 Å². The van der Waals surface area contributed by atoms with E-state index >= 15 is 4.39 Å². The van der Waals surface area contributed by atoms with Gasteiger partial charge in [-0.15, -0.1) is 6.42 Å². The summed E-state index contributed by atoms with van der Waals surface area (Å²) >= 11 is 0. The van der Waals surface area contributed by atoms with Gasteiger partial charge in [0.1, 0.15) is 40.1 Å². The third kappa shape index (κ3) is 4.00. The predicted octanol–water partition coefficient (Wildman–Crippen LogP) is 4.05. The first kappa shape index (κ1) is 26.4. The summed E-state index contributed by atoms with van der Waals surface area (Å²) in [7, 11) is 0. The number of phenols is 1. The van der Waals surface area contributed by atoms with Crippen LogP contribution in [0.25, 0.3) is 32.9 Å². The zero-order valence-corrected chi connectivity index (χ0v) is 23.4. The van der Waals surface area contributed by atoms with Crippen molar-refractivity contribution < 1.29 is 28.5 Å². The smallest absolute Gasteiger partial charge is 0.319 e. The zero-order valence-electron chi connectivity index (χ0n) is 23.4. The molecule has 3 N–H and O–H groups in total. The number of terminal acetylenes is 1. The Bertz CT molecular complexity index is 1870. The number of phenolic OH excluding ortho intramolecular Hbond substituents is 1. The Morgan fingerprint density at radius 1 is 1.19 bits per heavy atom. The highest BCUT2D eigenvalue weighted by molar-refractivity contribution is 6.04. The van der Waals surface area contributed by atoms with E-state index in [-0.39, 0.29) is 88.2 Å². The van der Waals surface area contributed by atoms with E-state index in [1.807, 2.05) is 6.92 Å². The molecule has 4 aromatic rings. The van der Waals surface area contributed by atoms with Crippen molar-refractivity contribution in [3.8, 4) is 41.2 Å². The molecule has 2 aromatic carbocycles. The molecular formula is C32H29F2N5O4. The SMILES string of the molecule is C#Cc1c(F)ccc2cc(O)cc(-c3nc4c5c(nc(OCC6(CO)CC6)nc5c3F)N3C[C@H]5CC[C@H](N5)[C@H]3[C@H](C)O4)c12. The zero-order chi connectivity index (χ0) is 29.6. The molecule has 8 rings (SSSR count). The molecule has 220 valence electrons. The number of hydrogen-bond donors (Lipinski definition) is 3. The Kier molecular flexibility index (Phi) is 5.74. The number of aliphatic hydroxyl groups is 1. The largest absolute Gasteiger partial charge is 0.508 e. The second-order valence-electron chi connectivity index (χ2n) is 12.3. The van der Waals surface area contributed by atoms with Gasteiger partial charge in [0, 0.05) is 35.0 Å². The molecule has 2 saturated heterocycles. The number of ether oxygens (including phenoxy) is 2. The van der Waals surface area contributed by atoms with Gasteiger partial charge in [-0.3, -0.25) is 0 Å². The fraction of sp³-hybridized carbons (Fsp3) is 0.406. The van der Waals surface area contributed by atoms with Gasteiger partial charge in [0.05, 0.1) is 24.8 Å². The maximum atomic E-state index is 16.9. The van der Waals surface area contributed by atoms with Crippen LogP contribution in [-0.4, -0.2) is 69.2 Å². The average Bonchev–Trinajstić information content (AvgIpc) is 3.72. The molecule has 3 fully saturated rings. The van der Waals surface area contributed by atoms with Crippen LogP contribution in [0.15, 0.2) is 24.3 Å². The molecule has 4 atom stereocenters. The molecule has 0 spiro atoms. The van der Waals surface area contributed by atoms with E-state index in [2.05, 4.69) is 26.1 Å². The Morgan fingerprint density at radius 3 is 2.79 bits per heavy atom. The van der Waals surface area contributed by atoms with Gasteiger partial charge in [-0.1, -0.05) is 12.0 Å². The summed E-state index contributed by atoms with van der Waals surface area (Å²) in [6, 6.07) is 5.71. The highest BCUT2D eigenvalue weighted by Crippen LogP contribution is 2.47. The first-order valence-electron chi connectivity index (χ1n) is 14.6. The summed E-state index contributed by atoms with van der Waals surface area (Å²) in [5, 5.41) is 25.1. The van der Waals surface area contributed by atoms with E-state index < -0.39 is 11.6 Å². The predicted molar refractivity (Wildman–Crippen MR) is 155 cm³/mol. The highest BCUT2D eigenvalue weighted by Gasteiger charge is 2.47. The summed E-state index contributed by atoms with van der Waals surface area (Å²) in [6.07, 6.45) is 8.97. The summed E-state index contributed by atoms with van der Waals surface area (Å²) in [4.78, 5) is 16.1. The minimum Gasteiger partial charge on any atom is -0.508 e. The molecule has 3 aliphatic heterocycles. The van der Waals surface area contributed by atoms with Crippen molar-refractivity contribution in [1.82, 2.24) is 20.3 Å². The van der Waals surface area contributed by atoms with Crippen molar-refractivity contribution in [3.05, 3.63) is 41.5 Å². The fourth-order valence-corrected chi connectivity index (χ4v) is 7.03. The molecule has 2 bridgehead atoms. The Labute approximate surface area is 245 Å². The van der Waals surface area contributed by atoms with Gasteiger partial charge in [0.2, 0.25) is 5.88 Å². The van der Waals surface area contributed by atoms with Gasteiger partial charge in [0.25, 0.3) is 0 Å². The monoisotopic (exact) mass is 585 g/mol. The van der Waals surface area contributed by atoms with Crippen LogP contribution in [0, 0.1) is 29.4 Å². The Balaban J connectivity index is 1.39. The van der Waals surface area contributed by atoms with Crippen LogP contribution in [0.5, 0.6) is 17.6 Å². The fourth-order valence-electron chi connectivity index (χ4n) is 7.03. The molecule has 11 heteroatoms. The number of aromatic hydroxyl groups is 1. The van der Waals surface area contributed by atoms with Crippen LogP contribution < -0.4 is 19.7 Å². The molecule has 5 heterocycles. The quantitative estimate of drug-likeness (QED) is 0.299. The van der Waals surface area contributed by atoms with E-state index in [0.717, 1.165) is 25.7 Å². The summed E-state index contributed by atoms with van der Waals surface area (Å²) in [6.45, 7) is 2.78. The second-order valence-corrected chi connectivity index (χ2v) is 12.3. The maximum absolute atomic E-state index is 16.9. The molecule has 9 nitrogen and oxygen atoms in total. The average molecular weight is 586 g/mol. The molecule has 0 unspecified atom stereocenters. The molecule has 43 heavy (non-hydrogen) atoms. The van der Waals surface area contributed by atoms with Crippen LogP contribution in [0.1, 0.15) is 38.2 Å². The van der Waals surface area contributed by atoms with Gasteiger partial charge in [-0.25, -0.2) is 13.8 Å².